The van der Waals surface area contributed by atoms with Gasteiger partial charge < -0.3 is 10.5 Å². The van der Waals surface area contributed by atoms with Gasteiger partial charge in [0.2, 0.25) is 0 Å². The highest BCUT2D eigenvalue weighted by atomic mass is 79.9. The maximum Gasteiger partial charge on any atom is 0.0471 e. The summed E-state index contributed by atoms with van der Waals surface area (Å²) in [6, 6.07) is 6.50. The molecule has 2 N–H and O–H groups in total. The van der Waals surface area contributed by atoms with Gasteiger partial charge in [-0.25, -0.2) is 0 Å². The Morgan fingerprint density at radius 3 is 2.83 bits per heavy atom. The molecule has 1 atom stereocenters. The zero-order valence-corrected chi connectivity index (χ0v) is 12.2. The maximum absolute atomic E-state index is 6.26. The van der Waals surface area contributed by atoms with Gasteiger partial charge >= 0.3 is 0 Å². The van der Waals surface area contributed by atoms with Crippen molar-refractivity contribution in [2.75, 3.05) is 13.2 Å². The first-order valence-corrected chi connectivity index (χ1v) is 7.25. The fraction of sp³-hybridized carbons (Fsp3) is 0.467. The van der Waals surface area contributed by atoms with Crippen molar-refractivity contribution in [3.05, 3.63) is 46.5 Å². The summed E-state index contributed by atoms with van der Waals surface area (Å²) in [5, 5.41) is 0. The summed E-state index contributed by atoms with van der Waals surface area (Å²) in [6.07, 6.45) is 4.89. The lowest BCUT2D eigenvalue weighted by Crippen LogP contribution is -2.18. The molecule has 0 aliphatic carbocycles. The van der Waals surface area contributed by atoms with Crippen LogP contribution in [0.15, 0.2) is 35.3 Å². The zero-order valence-electron chi connectivity index (χ0n) is 10.6. The molecule has 1 aliphatic rings. The molecule has 1 fully saturated rings. The maximum atomic E-state index is 6.26. The van der Waals surface area contributed by atoms with Crippen molar-refractivity contribution < 1.29 is 4.74 Å². The standard InChI is InChI=1S/C15H20BrNO/c1-2-3-15(17)14-10-12(16)4-5-13(14)11-6-8-18-9-7-11/h2,4-5,10-11,15H,1,3,6-9,17H2. The molecule has 1 aliphatic heterocycles. The van der Waals surface area contributed by atoms with E-state index in [-0.39, 0.29) is 6.04 Å². The molecule has 0 aromatic heterocycles. The predicted octanol–water partition coefficient (Wildman–Crippen LogP) is 3.92. The number of rotatable bonds is 4. The smallest absolute Gasteiger partial charge is 0.0471 e. The lowest BCUT2D eigenvalue weighted by atomic mass is 9.85. The molecular formula is C15H20BrNO. The normalized spacial score (nSPS) is 18.6. The van der Waals surface area contributed by atoms with E-state index < -0.39 is 0 Å². The van der Waals surface area contributed by atoms with Crippen LogP contribution in [0.25, 0.3) is 0 Å². The van der Waals surface area contributed by atoms with Crippen molar-refractivity contribution in [1.82, 2.24) is 0 Å². The van der Waals surface area contributed by atoms with Gasteiger partial charge in [0.05, 0.1) is 0 Å². The third-order valence-electron chi connectivity index (χ3n) is 3.53. The Bertz CT molecular complexity index is 413. The summed E-state index contributed by atoms with van der Waals surface area (Å²) >= 11 is 3.53. The van der Waals surface area contributed by atoms with Crippen molar-refractivity contribution in [1.29, 1.82) is 0 Å². The van der Waals surface area contributed by atoms with Gasteiger partial charge in [-0.1, -0.05) is 28.1 Å². The molecule has 0 saturated carbocycles. The van der Waals surface area contributed by atoms with Crippen LogP contribution in [0.2, 0.25) is 0 Å². The predicted molar refractivity (Wildman–Crippen MR) is 78.7 cm³/mol. The Balaban J connectivity index is 2.29. The molecule has 1 aromatic rings. The Kier molecular flexibility index (Phi) is 4.98. The monoisotopic (exact) mass is 309 g/mol. The Labute approximate surface area is 117 Å². The van der Waals surface area contributed by atoms with E-state index in [1.54, 1.807) is 0 Å². The average Bonchev–Trinajstić information content (AvgIpc) is 2.40. The minimum atomic E-state index is 0.0397. The highest BCUT2D eigenvalue weighted by Crippen LogP contribution is 2.34. The highest BCUT2D eigenvalue weighted by molar-refractivity contribution is 9.10. The number of halogens is 1. The van der Waals surface area contributed by atoms with E-state index in [0.717, 1.165) is 36.9 Å². The quantitative estimate of drug-likeness (QED) is 0.856. The highest BCUT2D eigenvalue weighted by Gasteiger charge is 2.21. The van der Waals surface area contributed by atoms with Gasteiger partial charge in [0.1, 0.15) is 0 Å². The summed E-state index contributed by atoms with van der Waals surface area (Å²) in [4.78, 5) is 0. The van der Waals surface area contributed by atoms with Crippen LogP contribution in [0.5, 0.6) is 0 Å². The summed E-state index contributed by atoms with van der Waals surface area (Å²) in [7, 11) is 0. The fourth-order valence-electron chi connectivity index (χ4n) is 2.55. The molecule has 0 radical (unpaired) electrons. The van der Waals surface area contributed by atoms with Crippen LogP contribution in [0.1, 0.15) is 42.3 Å². The van der Waals surface area contributed by atoms with Gasteiger partial charge in [0.25, 0.3) is 0 Å². The van der Waals surface area contributed by atoms with Gasteiger partial charge in [-0.2, -0.15) is 0 Å². The number of hydrogen-bond donors (Lipinski definition) is 1. The Hall–Kier alpha value is -0.640. The van der Waals surface area contributed by atoms with E-state index in [2.05, 4.69) is 40.7 Å². The lowest BCUT2D eigenvalue weighted by molar-refractivity contribution is 0.0851. The topological polar surface area (TPSA) is 35.2 Å². The van der Waals surface area contributed by atoms with Gasteiger partial charge in [-0.05, 0) is 48.4 Å². The number of benzene rings is 1. The zero-order chi connectivity index (χ0) is 13.0. The van der Waals surface area contributed by atoms with Crippen LogP contribution in [0, 0.1) is 0 Å². The first-order chi connectivity index (χ1) is 8.72. The summed E-state index contributed by atoms with van der Waals surface area (Å²) in [5.74, 6) is 0.581. The number of nitrogens with two attached hydrogens (primary N) is 1. The minimum absolute atomic E-state index is 0.0397. The molecular weight excluding hydrogens is 290 g/mol. The van der Waals surface area contributed by atoms with E-state index >= 15 is 0 Å². The first kappa shape index (κ1) is 13.8. The molecule has 1 unspecified atom stereocenters. The van der Waals surface area contributed by atoms with Crippen molar-refractivity contribution in [3.8, 4) is 0 Å². The minimum Gasteiger partial charge on any atom is -0.381 e. The van der Waals surface area contributed by atoms with E-state index in [0.29, 0.717) is 5.92 Å². The molecule has 1 heterocycles. The Morgan fingerprint density at radius 2 is 2.17 bits per heavy atom. The molecule has 0 amide bonds. The second-order valence-corrected chi connectivity index (χ2v) is 5.71. The van der Waals surface area contributed by atoms with Crippen molar-refractivity contribution in [2.45, 2.75) is 31.2 Å². The number of hydrogen-bond acceptors (Lipinski definition) is 2. The molecule has 1 aromatic carbocycles. The van der Waals surface area contributed by atoms with Gasteiger partial charge in [-0.3, -0.25) is 0 Å². The molecule has 2 nitrogen and oxygen atoms in total. The van der Waals surface area contributed by atoms with Crippen LogP contribution in [-0.4, -0.2) is 13.2 Å². The van der Waals surface area contributed by atoms with Crippen molar-refractivity contribution in [3.63, 3.8) is 0 Å². The summed E-state index contributed by atoms with van der Waals surface area (Å²) < 4.78 is 6.53. The molecule has 1 saturated heterocycles. The third kappa shape index (κ3) is 3.22. The molecule has 18 heavy (non-hydrogen) atoms. The van der Waals surface area contributed by atoms with Crippen LogP contribution in [-0.2, 0) is 4.74 Å². The summed E-state index contributed by atoms with van der Waals surface area (Å²) in [6.45, 7) is 5.50. The fourth-order valence-corrected chi connectivity index (χ4v) is 2.93. The van der Waals surface area contributed by atoms with Crippen LogP contribution >= 0.6 is 15.9 Å². The van der Waals surface area contributed by atoms with Gasteiger partial charge in [0, 0.05) is 23.7 Å². The SMILES string of the molecule is C=CCC(N)c1cc(Br)ccc1C1CCOCC1. The Morgan fingerprint density at radius 1 is 1.44 bits per heavy atom. The number of ether oxygens (including phenoxy) is 1. The van der Waals surface area contributed by atoms with Crippen LogP contribution in [0.4, 0.5) is 0 Å². The third-order valence-corrected chi connectivity index (χ3v) is 4.02. The molecule has 3 heteroatoms. The van der Waals surface area contributed by atoms with Crippen LogP contribution < -0.4 is 5.73 Å². The lowest BCUT2D eigenvalue weighted by Gasteiger charge is -2.26. The summed E-state index contributed by atoms with van der Waals surface area (Å²) in [5.41, 5.74) is 8.89. The molecule has 0 spiro atoms. The second kappa shape index (κ2) is 6.50. The van der Waals surface area contributed by atoms with Crippen molar-refractivity contribution in [2.24, 2.45) is 5.73 Å². The van der Waals surface area contributed by atoms with Crippen LogP contribution in [0.3, 0.4) is 0 Å². The molecule has 98 valence electrons. The van der Waals surface area contributed by atoms with Gasteiger partial charge in [-0.15, -0.1) is 6.58 Å². The average molecular weight is 310 g/mol. The van der Waals surface area contributed by atoms with E-state index in [4.69, 9.17) is 10.5 Å². The van der Waals surface area contributed by atoms with E-state index in [9.17, 15) is 0 Å². The largest absolute Gasteiger partial charge is 0.381 e. The molecule has 2 rings (SSSR count). The van der Waals surface area contributed by atoms with E-state index in [1.165, 1.54) is 11.1 Å². The first-order valence-electron chi connectivity index (χ1n) is 6.46. The van der Waals surface area contributed by atoms with Crippen molar-refractivity contribution >= 4 is 15.9 Å². The second-order valence-electron chi connectivity index (χ2n) is 4.79. The molecule has 0 bridgehead atoms. The van der Waals surface area contributed by atoms with E-state index in [1.807, 2.05) is 6.08 Å². The van der Waals surface area contributed by atoms with Gasteiger partial charge in [0.15, 0.2) is 0 Å².